The summed E-state index contributed by atoms with van der Waals surface area (Å²) in [5.41, 5.74) is 15.5. The topological polar surface area (TPSA) is 129 Å². The van der Waals surface area contributed by atoms with E-state index in [1.165, 1.54) is 0 Å². The van der Waals surface area contributed by atoms with Gasteiger partial charge in [-0.05, 0) is 77.9 Å². The predicted octanol–water partition coefficient (Wildman–Crippen LogP) is 27.4. The van der Waals surface area contributed by atoms with Gasteiger partial charge in [0.05, 0.1) is 33.6 Å². The molecule has 25 aromatic rings. The number of hydrogen-bond acceptors (Lipinski definition) is 9. The molecule has 25 rings (SSSR count). The monoisotopic (exact) mass is 1710 g/mol. The zero-order chi connectivity index (χ0) is 86.2. The van der Waals surface area contributed by atoms with Crippen molar-refractivity contribution in [3.05, 3.63) is 461 Å². The van der Waals surface area contributed by atoms with E-state index < -0.39 is 21.4 Å². The lowest BCUT2D eigenvalue weighted by Crippen LogP contribution is -2.25. The molecule has 0 saturated heterocycles. The Kier molecular flexibility index (Phi) is 19.6. The molecule has 0 aliphatic carbocycles. The van der Waals surface area contributed by atoms with Crippen LogP contribution in [0.25, 0.3) is 176 Å². The Morgan fingerprint density at radius 2 is 0.403 bits per heavy atom. The Hall–Kier alpha value is -15.7. The molecule has 0 bridgehead atoms. The van der Waals surface area contributed by atoms with Gasteiger partial charge in [0.15, 0.2) is 21.4 Å². The van der Waals surface area contributed by atoms with Crippen molar-refractivity contribution in [2.75, 3.05) is 0 Å². The first-order valence-electron chi connectivity index (χ1n) is 43.1. The second-order valence-corrected chi connectivity index (χ2v) is 40.7. The molecule has 0 saturated carbocycles. The fraction of sp³-hybridized carbons (Fsp3) is 0. The molecule has 6 aromatic heterocycles. The quantitative estimate of drug-likeness (QED) is 0.0818. The van der Waals surface area contributed by atoms with Gasteiger partial charge in [0, 0.05) is 145 Å². The lowest BCUT2D eigenvalue weighted by Gasteiger charge is -2.21. The molecule has 0 radical (unpaired) electrons. The number of rotatable bonds is 13. The fourth-order valence-corrected chi connectivity index (χ4v) is 26.9. The lowest BCUT2D eigenvalue weighted by molar-refractivity contribution is 0.591. The van der Waals surface area contributed by atoms with Crippen molar-refractivity contribution in [2.45, 2.75) is 0 Å². The summed E-state index contributed by atoms with van der Waals surface area (Å²) < 4.78 is 64.6. The summed E-state index contributed by atoms with van der Waals surface area (Å²) in [5.74, 6) is 0. The van der Waals surface area contributed by atoms with E-state index in [0.29, 0.717) is 0 Å². The number of hydrogen-bond donors (Lipinski definition) is 0. The summed E-state index contributed by atoms with van der Waals surface area (Å²) in [5, 5.41) is 23.2. The third-order valence-corrected chi connectivity index (χ3v) is 34.2. The van der Waals surface area contributed by atoms with Crippen LogP contribution in [0.15, 0.2) is 474 Å². The van der Waals surface area contributed by atoms with Gasteiger partial charge in [0.2, 0.25) is 0 Å². The number of furan rings is 3. The van der Waals surface area contributed by atoms with Crippen LogP contribution in [-0.4, -0.2) is 15.0 Å². The number of fused-ring (bicyclic) bond motifs is 21. The molecular formula is C117H76N3O6P3. The number of pyridine rings is 3. The maximum absolute atomic E-state index is 15.1. The van der Waals surface area contributed by atoms with Gasteiger partial charge in [-0.15, -0.1) is 0 Å². The van der Waals surface area contributed by atoms with Gasteiger partial charge in [-0.2, -0.15) is 0 Å². The molecule has 610 valence electrons. The highest BCUT2D eigenvalue weighted by Gasteiger charge is 2.34. The summed E-state index contributed by atoms with van der Waals surface area (Å²) in [6, 6.07) is 154. The highest BCUT2D eigenvalue weighted by atomic mass is 31.2. The Morgan fingerprint density at radius 1 is 0.163 bits per heavy atom. The SMILES string of the molecule is O=P(c1ccccc1)(c1ccccc1)c1ccc(-c2nc3ccccc3c3c2ccc2c4ccccc4oc23)cc1.O=P(c1ccccc1)(c1ccccc1)c1cccc(-c2ccc3c(c2)nc(-c2ccccc2)c2ccc4c5ccccc5oc4c23)c1.O=P(c1ccccc1)(c1ccccc1)c1cccc(-c2nc3ccccc3c3c2ccc2c4ccccc4oc23)c1. The van der Waals surface area contributed by atoms with Crippen LogP contribution in [0.4, 0.5) is 0 Å². The van der Waals surface area contributed by atoms with Crippen LogP contribution in [0, 0.1) is 0 Å². The second kappa shape index (κ2) is 32.4. The van der Waals surface area contributed by atoms with Gasteiger partial charge in [0.1, 0.15) is 33.5 Å². The normalized spacial score (nSPS) is 12.0. The molecule has 0 aliphatic rings. The summed E-state index contributed by atoms with van der Waals surface area (Å²) in [7, 11) is -9.32. The van der Waals surface area contributed by atoms with Crippen molar-refractivity contribution in [1.29, 1.82) is 0 Å². The van der Waals surface area contributed by atoms with Crippen molar-refractivity contribution >= 4 is 200 Å². The van der Waals surface area contributed by atoms with E-state index in [2.05, 4.69) is 127 Å². The number of nitrogens with zero attached hydrogens (tertiary/aromatic N) is 3. The summed E-state index contributed by atoms with van der Waals surface area (Å²) in [6.45, 7) is 0. The molecular weight excluding hydrogens is 1640 g/mol. The maximum atomic E-state index is 15.1. The van der Waals surface area contributed by atoms with Crippen molar-refractivity contribution in [3.63, 3.8) is 0 Å². The minimum atomic E-state index is -3.14. The van der Waals surface area contributed by atoms with Crippen molar-refractivity contribution in [2.24, 2.45) is 0 Å². The molecule has 0 unspecified atom stereocenters. The lowest BCUT2D eigenvalue weighted by atomic mass is 9.96. The third-order valence-electron chi connectivity index (χ3n) is 25.0. The molecule has 0 spiro atoms. The molecule has 0 fully saturated rings. The third kappa shape index (κ3) is 13.4. The van der Waals surface area contributed by atoms with E-state index in [0.717, 1.165) is 223 Å². The first-order valence-corrected chi connectivity index (χ1v) is 48.2. The smallest absolute Gasteiger partial charge is 0.171 e. The summed E-state index contributed by atoms with van der Waals surface area (Å²) in [6.07, 6.45) is 0. The first kappa shape index (κ1) is 78.0. The number of benzene rings is 19. The largest absolute Gasteiger partial charge is 0.455 e. The zero-order valence-electron chi connectivity index (χ0n) is 69.5. The molecule has 0 N–H and O–H groups in total. The minimum Gasteiger partial charge on any atom is -0.455 e. The predicted molar refractivity (Wildman–Crippen MR) is 540 cm³/mol. The number of aromatic nitrogens is 3. The van der Waals surface area contributed by atoms with Crippen LogP contribution in [0.2, 0.25) is 0 Å². The molecule has 19 aromatic carbocycles. The van der Waals surface area contributed by atoms with Gasteiger partial charge < -0.3 is 26.9 Å². The Labute approximate surface area is 742 Å². The standard InChI is InChI=1S/C43H28NO2P.2C37H24NO2P/c45-47(32-16-6-2-7-17-32,33-18-8-3-9-19-33)34-20-12-15-30(27-34)31-23-24-37-39(28-31)44-42(29-13-4-1-5-14-29)38-26-25-36-35-21-10-11-22-40(35)46-43(36)41(37)38;39-41(26-13-3-1-4-14-26,27-15-5-2-6-16-27)28-17-11-12-25(24-28)36-32-23-22-30-29-18-8-10-21-34(29)40-37(30)35(32)31-19-7-9-20-33(31)38-36;39-41(26-11-3-1-4-12-26,27-13-5-2-6-14-27)28-21-19-25(20-22-28)36-32-24-23-30-29-15-8-10-18-34(29)40-37(30)35(32)31-16-7-9-17-33(31)38-36/h1-28H;2*1-24H. The second-order valence-electron chi connectivity index (χ2n) is 32.4. The zero-order valence-corrected chi connectivity index (χ0v) is 72.2. The van der Waals surface area contributed by atoms with Crippen LogP contribution < -0.4 is 47.7 Å². The molecule has 6 heterocycles. The van der Waals surface area contributed by atoms with E-state index >= 15 is 9.13 Å². The molecule has 129 heavy (non-hydrogen) atoms. The van der Waals surface area contributed by atoms with Gasteiger partial charge >= 0.3 is 0 Å². The summed E-state index contributed by atoms with van der Waals surface area (Å²) >= 11 is 0. The fourth-order valence-electron chi connectivity index (χ4n) is 18.9. The molecule has 0 atom stereocenters. The highest BCUT2D eigenvalue weighted by molar-refractivity contribution is 7.86. The van der Waals surface area contributed by atoms with E-state index in [1.54, 1.807) is 0 Å². The Morgan fingerprint density at radius 3 is 0.791 bits per heavy atom. The van der Waals surface area contributed by atoms with E-state index in [9.17, 15) is 4.57 Å². The van der Waals surface area contributed by atoms with Crippen molar-refractivity contribution < 1.29 is 26.9 Å². The average Bonchev–Trinajstić information content (AvgIpc) is 1.64. The van der Waals surface area contributed by atoms with Crippen LogP contribution in [0.5, 0.6) is 0 Å². The van der Waals surface area contributed by atoms with Crippen LogP contribution >= 0.6 is 21.4 Å². The Bertz CT molecular complexity index is 8710. The molecule has 9 nitrogen and oxygen atoms in total. The average molecular weight is 1710 g/mol. The molecule has 0 aliphatic heterocycles. The molecule has 12 heteroatoms. The van der Waals surface area contributed by atoms with Gasteiger partial charge in [-0.3, -0.25) is 0 Å². The van der Waals surface area contributed by atoms with E-state index in [4.69, 9.17) is 28.2 Å². The van der Waals surface area contributed by atoms with Crippen LogP contribution in [-0.2, 0) is 13.7 Å². The van der Waals surface area contributed by atoms with Crippen molar-refractivity contribution in [3.8, 4) is 44.9 Å². The molecule has 0 amide bonds. The van der Waals surface area contributed by atoms with Crippen molar-refractivity contribution in [1.82, 2.24) is 15.0 Å². The van der Waals surface area contributed by atoms with E-state index in [-0.39, 0.29) is 0 Å². The van der Waals surface area contributed by atoms with Gasteiger partial charge in [0.25, 0.3) is 0 Å². The first-order chi connectivity index (χ1) is 63.6. The minimum absolute atomic E-state index is 0.778. The highest BCUT2D eigenvalue weighted by Crippen LogP contribution is 2.50. The van der Waals surface area contributed by atoms with Gasteiger partial charge in [-0.1, -0.05) is 394 Å². The van der Waals surface area contributed by atoms with E-state index in [1.807, 2.05) is 334 Å². The Balaban J connectivity index is 0.000000111. The maximum Gasteiger partial charge on any atom is 0.171 e. The summed E-state index contributed by atoms with van der Waals surface area (Å²) in [4.78, 5) is 15.6. The van der Waals surface area contributed by atoms with Crippen LogP contribution in [0.3, 0.4) is 0 Å². The van der Waals surface area contributed by atoms with Gasteiger partial charge in [-0.25, -0.2) is 15.0 Å². The number of para-hydroxylation sites is 5. The van der Waals surface area contributed by atoms with Crippen LogP contribution in [0.1, 0.15) is 0 Å².